The summed E-state index contributed by atoms with van der Waals surface area (Å²) in [6.45, 7) is 6.98. The van der Waals surface area contributed by atoms with Crippen LogP contribution in [-0.2, 0) is 9.59 Å². The minimum Gasteiger partial charge on any atom is -0.404 e. The van der Waals surface area contributed by atoms with Gasteiger partial charge in [-0.25, -0.2) is 0 Å². The maximum absolute atomic E-state index is 11.8. The van der Waals surface area contributed by atoms with Crippen LogP contribution in [0.2, 0.25) is 0 Å². The predicted molar refractivity (Wildman–Crippen MR) is 97.1 cm³/mol. The first-order valence-electron chi connectivity index (χ1n) is 8.50. The van der Waals surface area contributed by atoms with Crippen molar-refractivity contribution in [2.75, 3.05) is 13.1 Å². The van der Waals surface area contributed by atoms with E-state index in [0.717, 1.165) is 43.2 Å². The van der Waals surface area contributed by atoms with Crippen LogP contribution in [0.25, 0.3) is 0 Å². The number of amides is 1. The second-order valence-electron chi connectivity index (χ2n) is 7.12. The topological polar surface area (TPSA) is 40.6 Å². The molecule has 7 heteroatoms. The van der Waals surface area contributed by atoms with Gasteiger partial charge in [-0.05, 0) is 32.2 Å². The Hall–Kier alpha value is -0.705. The van der Waals surface area contributed by atoms with E-state index in [-0.39, 0.29) is 17.1 Å². The summed E-state index contributed by atoms with van der Waals surface area (Å²) in [5.74, 6) is 0.250. The number of hydrogen-bond acceptors (Lipinski definition) is 3. The van der Waals surface area contributed by atoms with Crippen molar-refractivity contribution in [1.29, 1.82) is 0 Å². The smallest absolute Gasteiger partial charge is 0.230 e. The van der Waals surface area contributed by atoms with Gasteiger partial charge < -0.3 is 9.53 Å². The third-order valence-corrected chi connectivity index (χ3v) is 3.77. The van der Waals surface area contributed by atoms with Crippen molar-refractivity contribution >= 4 is 35.6 Å². The van der Waals surface area contributed by atoms with Gasteiger partial charge in [-0.3, -0.25) is 9.59 Å². The highest BCUT2D eigenvalue weighted by Crippen LogP contribution is 2.18. The molecule has 0 atom stereocenters. The highest BCUT2D eigenvalue weighted by atomic mass is 16.2. The molecule has 0 saturated carbocycles. The van der Waals surface area contributed by atoms with Crippen LogP contribution in [0.3, 0.4) is 0 Å². The van der Waals surface area contributed by atoms with Gasteiger partial charge in [-0.2, -0.15) is 0 Å². The van der Waals surface area contributed by atoms with Crippen molar-refractivity contribution in [1.82, 2.24) is 9.53 Å². The predicted octanol–water partition coefficient (Wildman–Crippen LogP) is 2.10. The number of carbonyl (C=O) groups is 2. The normalized spacial score (nSPS) is 11.7. The molecule has 1 amide bonds. The molecule has 0 spiro atoms. The molecule has 0 bridgehead atoms. The van der Waals surface area contributed by atoms with Crippen LogP contribution in [0.15, 0.2) is 0 Å². The Morgan fingerprint density at radius 3 is 1.83 bits per heavy atom. The van der Waals surface area contributed by atoms with Gasteiger partial charge in [-0.15, -0.1) is 0 Å². The zero-order chi connectivity index (χ0) is 17.9. The van der Waals surface area contributed by atoms with Gasteiger partial charge in [0.25, 0.3) is 0 Å². The molecule has 0 aromatic heterocycles. The van der Waals surface area contributed by atoms with Gasteiger partial charge in [0.1, 0.15) is 5.78 Å². The fraction of sp³-hybridized carbons (Fsp3) is 0.875. The lowest BCUT2D eigenvalue weighted by Gasteiger charge is -2.19. The van der Waals surface area contributed by atoms with Gasteiger partial charge in [0.2, 0.25) is 13.9 Å². The van der Waals surface area contributed by atoms with Crippen molar-refractivity contribution in [3.8, 4) is 0 Å². The minimum atomic E-state index is -0.263. The summed E-state index contributed by atoms with van der Waals surface area (Å²) in [4.78, 5) is 24.9. The van der Waals surface area contributed by atoms with Crippen molar-refractivity contribution in [2.24, 2.45) is 5.41 Å². The van der Waals surface area contributed by atoms with Crippen LogP contribution in [-0.4, -0.2) is 58.3 Å². The van der Waals surface area contributed by atoms with Gasteiger partial charge in [-0.1, -0.05) is 33.6 Å². The Morgan fingerprint density at radius 2 is 1.30 bits per heavy atom. The molecule has 0 fully saturated rings. The monoisotopic (exact) mass is 314 g/mol. The number of ketones is 1. The maximum atomic E-state index is 11.8. The van der Waals surface area contributed by atoms with E-state index in [1.54, 1.807) is 0 Å². The fourth-order valence-electron chi connectivity index (χ4n) is 2.14. The standard InChI is InChI=1S/C16H29B3N2O2/c1-16(2,3)14(22)10-6-4-8-12-20(17)15(23)11-7-5-9-13-21(18)19/h4-13H2,1-3H3. The largest absolute Gasteiger partial charge is 0.404 e. The summed E-state index contributed by atoms with van der Waals surface area (Å²) >= 11 is 0. The number of hydrogen-bond donors (Lipinski definition) is 0. The van der Waals surface area contributed by atoms with Crippen LogP contribution in [0.1, 0.15) is 72.1 Å². The maximum Gasteiger partial charge on any atom is 0.230 e. The second-order valence-corrected chi connectivity index (χ2v) is 7.12. The SMILES string of the molecule is [B]N([B])CCCCCC(=O)N([B])CCCCCC(=O)C(C)(C)C. The van der Waals surface area contributed by atoms with Crippen LogP contribution in [0, 0.1) is 5.41 Å². The third kappa shape index (κ3) is 12.4. The van der Waals surface area contributed by atoms with Gasteiger partial charge in [0, 0.05) is 24.8 Å². The molecule has 0 aromatic carbocycles. The Labute approximate surface area is 146 Å². The zero-order valence-electron chi connectivity index (χ0n) is 15.0. The molecule has 4 nitrogen and oxygen atoms in total. The Balaban J connectivity index is 3.63. The van der Waals surface area contributed by atoms with Gasteiger partial charge in [0.05, 0.1) is 0 Å². The van der Waals surface area contributed by atoms with Crippen LogP contribution >= 0.6 is 0 Å². The highest BCUT2D eigenvalue weighted by Gasteiger charge is 2.19. The van der Waals surface area contributed by atoms with E-state index in [4.69, 9.17) is 23.9 Å². The molecule has 124 valence electrons. The van der Waals surface area contributed by atoms with Gasteiger partial charge in [0.15, 0.2) is 16.0 Å². The molecule has 0 unspecified atom stereocenters. The summed E-state index contributed by atoms with van der Waals surface area (Å²) in [6, 6.07) is 0. The highest BCUT2D eigenvalue weighted by molar-refractivity contribution is 6.24. The second kappa shape index (κ2) is 11.8. The Morgan fingerprint density at radius 1 is 0.783 bits per heavy atom. The quantitative estimate of drug-likeness (QED) is 0.409. The van der Waals surface area contributed by atoms with E-state index in [1.807, 2.05) is 20.8 Å². The summed E-state index contributed by atoms with van der Waals surface area (Å²) in [7, 11) is 16.4. The summed E-state index contributed by atoms with van der Waals surface area (Å²) in [5.41, 5.74) is -0.263. The molecule has 0 aromatic rings. The molecule has 0 N–H and O–H groups in total. The molecular weight excluding hydrogens is 285 g/mol. The minimum absolute atomic E-state index is 0.0341. The first-order valence-corrected chi connectivity index (χ1v) is 8.50. The van der Waals surface area contributed by atoms with Crippen LogP contribution < -0.4 is 0 Å². The first kappa shape index (κ1) is 22.3. The molecule has 23 heavy (non-hydrogen) atoms. The first-order chi connectivity index (χ1) is 10.6. The lowest BCUT2D eigenvalue weighted by atomic mass is 9.88. The van der Waals surface area contributed by atoms with E-state index in [1.165, 1.54) is 4.81 Å². The number of nitrogens with zero attached hydrogens (tertiary/aromatic N) is 2. The average molecular weight is 314 g/mol. The van der Waals surface area contributed by atoms with E-state index < -0.39 is 0 Å². The number of Topliss-reactive ketones (excluding diaryl/α,β-unsaturated/α-hetero) is 1. The summed E-state index contributed by atoms with van der Waals surface area (Å²) in [6.07, 6.45) is 6.20. The molecule has 0 aliphatic rings. The van der Waals surface area contributed by atoms with Crippen LogP contribution in [0.4, 0.5) is 0 Å². The van der Waals surface area contributed by atoms with E-state index in [9.17, 15) is 9.59 Å². The van der Waals surface area contributed by atoms with E-state index in [0.29, 0.717) is 25.9 Å². The Bertz CT molecular complexity index is 358. The number of carbonyl (C=O) groups excluding carboxylic acids is 2. The number of unbranched alkanes of at least 4 members (excludes halogenated alkanes) is 4. The fourth-order valence-corrected chi connectivity index (χ4v) is 2.14. The molecule has 0 rings (SSSR count). The lowest BCUT2D eigenvalue weighted by Crippen LogP contribution is -2.29. The molecule has 0 aliphatic carbocycles. The lowest BCUT2D eigenvalue weighted by molar-refractivity contribution is -0.127. The Kier molecular flexibility index (Phi) is 11.4. The third-order valence-electron chi connectivity index (χ3n) is 3.77. The molecule has 0 heterocycles. The van der Waals surface area contributed by atoms with Gasteiger partial charge >= 0.3 is 0 Å². The van der Waals surface area contributed by atoms with Crippen LogP contribution in [0.5, 0.6) is 0 Å². The number of rotatable bonds is 12. The van der Waals surface area contributed by atoms with E-state index in [2.05, 4.69) is 0 Å². The molecule has 6 radical (unpaired) electrons. The van der Waals surface area contributed by atoms with E-state index >= 15 is 0 Å². The summed E-state index contributed by atoms with van der Waals surface area (Å²) < 4.78 is 1.15. The molecular formula is C16H29B3N2O2. The zero-order valence-corrected chi connectivity index (χ0v) is 15.0. The van der Waals surface area contributed by atoms with Crippen molar-refractivity contribution in [3.05, 3.63) is 0 Å². The average Bonchev–Trinajstić information content (AvgIpc) is 2.44. The molecule has 0 aliphatic heterocycles. The van der Waals surface area contributed by atoms with Crippen molar-refractivity contribution in [2.45, 2.75) is 72.1 Å². The summed E-state index contributed by atoms with van der Waals surface area (Å²) in [5, 5.41) is 0. The van der Waals surface area contributed by atoms with Crippen molar-refractivity contribution in [3.63, 3.8) is 0 Å². The van der Waals surface area contributed by atoms with Crippen molar-refractivity contribution < 1.29 is 9.59 Å². The molecule has 0 saturated heterocycles.